The quantitative estimate of drug-likeness (QED) is 0.209. The van der Waals surface area contributed by atoms with E-state index >= 15 is 0 Å². The Morgan fingerprint density at radius 3 is 1.64 bits per heavy atom. The molecule has 0 amide bonds. The van der Waals surface area contributed by atoms with E-state index in [2.05, 4.69) is 33.9 Å². The average molecular weight is 435 g/mol. The van der Waals surface area contributed by atoms with Gasteiger partial charge >= 0.3 is 0 Å². The highest BCUT2D eigenvalue weighted by Crippen LogP contribution is 2.77. The van der Waals surface area contributed by atoms with Gasteiger partial charge in [0.15, 0.2) is 8.32 Å². The van der Waals surface area contributed by atoms with E-state index in [1.54, 1.807) is 13.8 Å². The second-order valence-corrected chi connectivity index (χ2v) is 18.7. The zero-order valence-corrected chi connectivity index (χ0v) is 20.9. The Morgan fingerprint density at radius 1 is 0.960 bits per heavy atom. The van der Waals surface area contributed by atoms with E-state index in [1.807, 2.05) is 0 Å². The highest BCUT2D eigenvalue weighted by molar-refractivity contribution is 7.78. The van der Waals surface area contributed by atoms with E-state index in [9.17, 15) is 9.13 Å². The first kappa shape index (κ1) is 25.8. The van der Waals surface area contributed by atoms with Crippen molar-refractivity contribution in [3.05, 3.63) is 0 Å². The Balaban J connectivity index is 6.49. The van der Waals surface area contributed by atoms with Crippen LogP contribution in [0, 0.1) is 0 Å². The van der Waals surface area contributed by atoms with Crippen LogP contribution in [0.25, 0.3) is 0 Å². The fourth-order valence-electron chi connectivity index (χ4n) is 2.51. The molecule has 5 nitrogen and oxygen atoms in total. The van der Waals surface area contributed by atoms with Crippen LogP contribution in [0.5, 0.6) is 0 Å². The van der Waals surface area contributed by atoms with Gasteiger partial charge in [-0.3, -0.25) is 9.13 Å². The van der Waals surface area contributed by atoms with Crippen molar-refractivity contribution in [3.63, 3.8) is 0 Å². The molecule has 0 fully saturated rings. The molecule has 25 heavy (non-hydrogen) atoms. The Morgan fingerprint density at radius 2 is 1.36 bits per heavy atom. The summed E-state index contributed by atoms with van der Waals surface area (Å²) in [4.78, 5) is 0. The maximum absolute atomic E-state index is 13.6. The molecule has 152 valence electrons. The summed E-state index contributed by atoms with van der Waals surface area (Å²) in [5.74, 6) is 0.362. The molecule has 0 aliphatic heterocycles. The first-order chi connectivity index (χ1) is 11.1. The summed E-state index contributed by atoms with van der Waals surface area (Å²) in [5, 5.41) is -1.61. The number of hydrogen-bond acceptors (Lipinski definition) is 5. The van der Waals surface area contributed by atoms with Crippen molar-refractivity contribution in [1.82, 2.24) is 0 Å². The molecule has 0 aromatic heterocycles. The second-order valence-electron chi connectivity index (χ2n) is 7.93. The summed E-state index contributed by atoms with van der Waals surface area (Å²) in [6, 6.07) is 0. The van der Waals surface area contributed by atoms with Gasteiger partial charge in [0.05, 0.1) is 13.2 Å². The highest BCUT2D eigenvalue weighted by Gasteiger charge is 2.62. The average Bonchev–Trinajstić information content (AvgIpc) is 2.41. The van der Waals surface area contributed by atoms with Crippen LogP contribution < -0.4 is 0 Å². The van der Waals surface area contributed by atoms with Crippen molar-refractivity contribution in [1.29, 1.82) is 0 Å². The number of hydrogen-bond donors (Lipinski definition) is 0. The van der Waals surface area contributed by atoms with Crippen molar-refractivity contribution < 1.29 is 22.6 Å². The predicted molar refractivity (Wildman–Crippen MR) is 111 cm³/mol. The van der Waals surface area contributed by atoms with Crippen LogP contribution in [-0.4, -0.2) is 45.8 Å². The lowest BCUT2D eigenvalue weighted by Crippen LogP contribution is -2.50. The van der Waals surface area contributed by atoms with E-state index in [-0.39, 0.29) is 24.7 Å². The molecule has 2 atom stereocenters. The summed E-state index contributed by atoms with van der Waals surface area (Å²) >= 11 is 5.92. The highest BCUT2D eigenvalue weighted by atomic mass is 35.5. The lowest BCUT2D eigenvalue weighted by atomic mass is 10.2. The third kappa shape index (κ3) is 5.91. The standard InChI is InChI=1S/C16H37ClO5P2Si/c1-10-20-23(6,18)16(13-12-14-17,24(7,19)21-11-2)22-25(8,9)15(3,4)5/h10-14H2,1-9H3. The molecule has 0 N–H and O–H groups in total. The van der Waals surface area contributed by atoms with Crippen LogP contribution >= 0.6 is 26.3 Å². The fourth-order valence-corrected chi connectivity index (χ4v) is 12.1. The molecule has 0 aromatic carbocycles. The van der Waals surface area contributed by atoms with Gasteiger partial charge in [0.2, 0.25) is 19.8 Å². The van der Waals surface area contributed by atoms with Gasteiger partial charge < -0.3 is 13.5 Å². The van der Waals surface area contributed by atoms with Gasteiger partial charge in [-0.15, -0.1) is 11.6 Å². The Labute approximate surface area is 160 Å². The predicted octanol–water partition coefficient (Wildman–Crippen LogP) is 6.57. The lowest BCUT2D eigenvalue weighted by Gasteiger charge is -2.49. The maximum Gasteiger partial charge on any atom is 0.239 e. The molecule has 0 aromatic rings. The van der Waals surface area contributed by atoms with Gasteiger partial charge in [-0.2, -0.15) is 0 Å². The van der Waals surface area contributed by atoms with Crippen molar-refractivity contribution in [2.45, 2.75) is 70.7 Å². The van der Waals surface area contributed by atoms with Crippen molar-refractivity contribution >= 4 is 34.7 Å². The molecule has 0 heterocycles. The Hall–Kier alpha value is 0.847. The molecule has 0 saturated heterocycles. The topological polar surface area (TPSA) is 61.8 Å². The van der Waals surface area contributed by atoms with Gasteiger partial charge in [0, 0.05) is 19.2 Å². The van der Waals surface area contributed by atoms with E-state index in [0.29, 0.717) is 12.3 Å². The largest absolute Gasteiger partial charge is 0.395 e. The molecule has 9 heteroatoms. The fraction of sp³-hybridized carbons (Fsp3) is 1.00. The van der Waals surface area contributed by atoms with Crippen LogP contribution in [0.2, 0.25) is 18.1 Å². The smallest absolute Gasteiger partial charge is 0.239 e. The van der Waals surface area contributed by atoms with E-state index in [1.165, 1.54) is 13.3 Å². The van der Waals surface area contributed by atoms with Crippen molar-refractivity contribution in [2.75, 3.05) is 32.4 Å². The molecule has 0 aliphatic rings. The normalized spacial score (nSPS) is 20.6. The molecule has 0 bridgehead atoms. The SMILES string of the molecule is CCOP(C)(=O)C(CCCCl)(O[Si](C)(C)C(C)(C)C)P(C)(=O)OCC. The van der Waals surface area contributed by atoms with Crippen LogP contribution in [0.4, 0.5) is 0 Å². The number of halogens is 1. The second kappa shape index (κ2) is 9.36. The molecule has 0 rings (SSSR count). The first-order valence-corrected chi connectivity index (χ1v) is 16.4. The van der Waals surface area contributed by atoms with Crippen molar-refractivity contribution in [3.8, 4) is 0 Å². The number of rotatable bonds is 11. The third-order valence-corrected chi connectivity index (χ3v) is 16.8. The molecular formula is C16H37ClO5P2Si. The summed E-state index contributed by atoms with van der Waals surface area (Å²) in [6.07, 6.45) is 0.802. The van der Waals surface area contributed by atoms with Gasteiger partial charge in [0.1, 0.15) is 0 Å². The summed E-state index contributed by atoms with van der Waals surface area (Å²) in [7, 11) is -9.25. The van der Waals surface area contributed by atoms with Crippen LogP contribution in [-0.2, 0) is 22.6 Å². The van der Waals surface area contributed by atoms with E-state index < -0.39 is 28.1 Å². The van der Waals surface area contributed by atoms with Gasteiger partial charge in [-0.1, -0.05) is 20.8 Å². The minimum atomic E-state index is -3.41. The summed E-state index contributed by atoms with van der Waals surface area (Å²) in [5.41, 5.74) is 0. The maximum atomic E-state index is 13.6. The molecular weight excluding hydrogens is 398 g/mol. The Bertz CT molecular complexity index is 493. The summed E-state index contributed by atoms with van der Waals surface area (Å²) in [6.45, 7) is 17.5. The summed E-state index contributed by atoms with van der Waals surface area (Å²) < 4.78 is 45.2. The van der Waals surface area contributed by atoms with Gasteiger partial charge in [-0.25, -0.2) is 0 Å². The molecule has 0 aliphatic carbocycles. The van der Waals surface area contributed by atoms with Gasteiger partial charge in [-0.05, 0) is 44.8 Å². The first-order valence-electron chi connectivity index (χ1n) is 8.84. The van der Waals surface area contributed by atoms with Crippen LogP contribution in [0.15, 0.2) is 0 Å². The van der Waals surface area contributed by atoms with E-state index in [4.69, 9.17) is 25.1 Å². The molecule has 2 unspecified atom stereocenters. The van der Waals surface area contributed by atoms with Crippen LogP contribution in [0.3, 0.4) is 0 Å². The van der Waals surface area contributed by atoms with Gasteiger partial charge in [0.25, 0.3) is 0 Å². The molecule has 0 spiro atoms. The minimum absolute atomic E-state index is 0.141. The van der Waals surface area contributed by atoms with E-state index in [0.717, 1.165) is 0 Å². The van der Waals surface area contributed by atoms with Crippen LogP contribution in [0.1, 0.15) is 47.5 Å². The molecule has 0 saturated carbocycles. The lowest BCUT2D eigenvalue weighted by molar-refractivity contribution is 0.148. The zero-order chi connectivity index (χ0) is 20.2. The monoisotopic (exact) mass is 434 g/mol. The minimum Gasteiger partial charge on any atom is -0.395 e. The van der Waals surface area contributed by atoms with Crippen molar-refractivity contribution in [2.24, 2.45) is 0 Å². The zero-order valence-electron chi connectivity index (χ0n) is 17.3. The third-order valence-electron chi connectivity index (χ3n) is 4.88. The molecule has 0 radical (unpaired) electrons. The number of alkyl halides is 1. The Kier molecular flexibility index (Phi) is 9.68.